The topological polar surface area (TPSA) is 92.4 Å². The van der Waals surface area contributed by atoms with Crippen molar-refractivity contribution < 1.29 is 14.7 Å². The van der Waals surface area contributed by atoms with Crippen molar-refractivity contribution in [3.8, 4) is 0 Å². The van der Waals surface area contributed by atoms with Gasteiger partial charge in [0.15, 0.2) is 0 Å². The minimum Gasteiger partial charge on any atom is -0.481 e. The summed E-state index contributed by atoms with van der Waals surface area (Å²) >= 11 is 0. The van der Waals surface area contributed by atoms with Gasteiger partial charge < -0.3 is 16.2 Å². The van der Waals surface area contributed by atoms with Crippen LogP contribution in [0.5, 0.6) is 0 Å². The monoisotopic (exact) mass is 240 g/mol. The first-order chi connectivity index (χ1) is 8.07. The quantitative estimate of drug-likeness (QED) is 0.629. The van der Waals surface area contributed by atoms with Gasteiger partial charge in [-0.1, -0.05) is 6.42 Å². The van der Waals surface area contributed by atoms with E-state index in [2.05, 4.69) is 5.32 Å². The Balaban J connectivity index is 1.92. The van der Waals surface area contributed by atoms with Crippen LogP contribution in [0.25, 0.3) is 0 Å². The Bertz CT molecular complexity index is 316. The molecule has 0 saturated heterocycles. The number of nitrogens with two attached hydrogens (primary N) is 1. The fourth-order valence-corrected chi connectivity index (χ4v) is 2.47. The summed E-state index contributed by atoms with van der Waals surface area (Å²) in [5.74, 6) is -0.535. The molecule has 1 unspecified atom stereocenters. The zero-order chi connectivity index (χ0) is 12.5. The van der Waals surface area contributed by atoms with Crippen LogP contribution in [0.15, 0.2) is 0 Å². The third kappa shape index (κ3) is 2.60. The summed E-state index contributed by atoms with van der Waals surface area (Å²) in [4.78, 5) is 22.9. The summed E-state index contributed by atoms with van der Waals surface area (Å²) in [6.45, 7) is 0.364. The summed E-state index contributed by atoms with van der Waals surface area (Å²) in [5.41, 5.74) is 5.25. The van der Waals surface area contributed by atoms with E-state index < -0.39 is 11.4 Å². The molecular weight excluding hydrogens is 220 g/mol. The standard InChI is InChI=1S/C12H20N2O3/c13-7-12(4-1-5-12)11(17)14-9(6-10(15)16)8-2-3-8/h8-9H,1-7,13H2,(H,14,17)(H,15,16). The Morgan fingerprint density at radius 2 is 2.06 bits per heavy atom. The largest absolute Gasteiger partial charge is 0.481 e. The summed E-state index contributed by atoms with van der Waals surface area (Å²) in [7, 11) is 0. The van der Waals surface area contributed by atoms with Gasteiger partial charge in [0.05, 0.1) is 11.8 Å². The molecule has 4 N–H and O–H groups in total. The van der Waals surface area contributed by atoms with E-state index in [4.69, 9.17) is 10.8 Å². The molecule has 96 valence electrons. The maximum atomic E-state index is 12.1. The van der Waals surface area contributed by atoms with Crippen molar-refractivity contribution in [3.05, 3.63) is 0 Å². The Morgan fingerprint density at radius 3 is 2.41 bits per heavy atom. The van der Waals surface area contributed by atoms with Crippen molar-refractivity contribution in [2.45, 2.75) is 44.6 Å². The maximum Gasteiger partial charge on any atom is 0.305 e. The van der Waals surface area contributed by atoms with Crippen molar-refractivity contribution in [2.75, 3.05) is 6.54 Å². The van der Waals surface area contributed by atoms with Gasteiger partial charge in [-0.2, -0.15) is 0 Å². The average Bonchev–Trinajstić information content (AvgIpc) is 2.97. The van der Waals surface area contributed by atoms with Gasteiger partial charge in [-0.05, 0) is 31.6 Å². The molecule has 2 aliphatic rings. The van der Waals surface area contributed by atoms with Crippen LogP contribution >= 0.6 is 0 Å². The molecule has 0 aromatic carbocycles. The van der Waals surface area contributed by atoms with Gasteiger partial charge in [0, 0.05) is 12.6 Å². The molecule has 2 aliphatic carbocycles. The predicted octanol–water partition coefficient (Wildman–Crippen LogP) is 0.485. The van der Waals surface area contributed by atoms with Crippen LogP contribution in [0.2, 0.25) is 0 Å². The molecule has 0 heterocycles. The van der Waals surface area contributed by atoms with Gasteiger partial charge in [0.1, 0.15) is 0 Å². The average molecular weight is 240 g/mol. The molecule has 0 aliphatic heterocycles. The van der Waals surface area contributed by atoms with Gasteiger partial charge in [-0.3, -0.25) is 9.59 Å². The first kappa shape index (κ1) is 12.4. The minimum absolute atomic E-state index is 0.0249. The summed E-state index contributed by atoms with van der Waals surface area (Å²) in [6, 6.07) is -0.205. The highest BCUT2D eigenvalue weighted by molar-refractivity contribution is 5.84. The van der Waals surface area contributed by atoms with E-state index in [0.29, 0.717) is 12.5 Å². The van der Waals surface area contributed by atoms with Crippen molar-refractivity contribution in [3.63, 3.8) is 0 Å². The van der Waals surface area contributed by atoms with Crippen molar-refractivity contribution in [1.82, 2.24) is 5.32 Å². The highest BCUT2D eigenvalue weighted by Gasteiger charge is 2.45. The minimum atomic E-state index is -0.849. The summed E-state index contributed by atoms with van der Waals surface area (Å²) in [5, 5.41) is 11.7. The van der Waals surface area contributed by atoms with Crippen LogP contribution in [0.3, 0.4) is 0 Å². The molecule has 0 aromatic rings. The zero-order valence-electron chi connectivity index (χ0n) is 9.95. The molecule has 1 amide bonds. The van der Waals surface area contributed by atoms with E-state index in [9.17, 15) is 9.59 Å². The predicted molar refractivity (Wildman–Crippen MR) is 62.2 cm³/mol. The third-order valence-electron chi connectivity index (χ3n) is 4.09. The molecule has 0 radical (unpaired) electrons. The molecule has 0 bridgehead atoms. The molecule has 2 fully saturated rings. The van der Waals surface area contributed by atoms with E-state index in [1.807, 2.05) is 0 Å². The Labute approximate surface area is 101 Å². The number of aliphatic carboxylic acids is 1. The van der Waals surface area contributed by atoms with Gasteiger partial charge in [-0.15, -0.1) is 0 Å². The van der Waals surface area contributed by atoms with E-state index >= 15 is 0 Å². The maximum absolute atomic E-state index is 12.1. The number of hydrogen-bond acceptors (Lipinski definition) is 3. The van der Waals surface area contributed by atoms with Crippen LogP contribution < -0.4 is 11.1 Å². The normalized spacial score (nSPS) is 23.6. The second-order valence-corrected chi connectivity index (χ2v) is 5.35. The molecule has 0 spiro atoms. The van der Waals surface area contributed by atoms with Gasteiger partial charge >= 0.3 is 5.97 Å². The van der Waals surface area contributed by atoms with Crippen LogP contribution in [0.1, 0.15) is 38.5 Å². The number of nitrogens with one attached hydrogen (secondary N) is 1. The fraction of sp³-hybridized carbons (Fsp3) is 0.833. The zero-order valence-corrected chi connectivity index (χ0v) is 9.95. The molecule has 1 atom stereocenters. The van der Waals surface area contributed by atoms with E-state index in [-0.39, 0.29) is 18.4 Å². The lowest BCUT2D eigenvalue weighted by atomic mass is 9.68. The van der Waals surface area contributed by atoms with Crippen LogP contribution in [0.4, 0.5) is 0 Å². The van der Waals surface area contributed by atoms with Crippen molar-refractivity contribution in [1.29, 1.82) is 0 Å². The second kappa shape index (κ2) is 4.64. The third-order valence-corrected chi connectivity index (χ3v) is 4.09. The molecule has 0 aromatic heterocycles. The number of hydrogen-bond donors (Lipinski definition) is 3. The smallest absolute Gasteiger partial charge is 0.305 e. The molecule has 5 heteroatoms. The highest BCUT2D eigenvalue weighted by Crippen LogP contribution is 2.41. The first-order valence-corrected chi connectivity index (χ1v) is 6.30. The van der Waals surface area contributed by atoms with E-state index in [0.717, 1.165) is 32.1 Å². The van der Waals surface area contributed by atoms with E-state index in [1.54, 1.807) is 0 Å². The van der Waals surface area contributed by atoms with E-state index in [1.165, 1.54) is 0 Å². The Hall–Kier alpha value is -1.10. The van der Waals surface area contributed by atoms with Gasteiger partial charge in [0.25, 0.3) is 0 Å². The van der Waals surface area contributed by atoms with Gasteiger partial charge in [-0.25, -0.2) is 0 Å². The summed E-state index contributed by atoms with van der Waals surface area (Å²) < 4.78 is 0. The fourth-order valence-electron chi connectivity index (χ4n) is 2.47. The van der Waals surface area contributed by atoms with Crippen LogP contribution in [-0.4, -0.2) is 29.6 Å². The molecule has 17 heavy (non-hydrogen) atoms. The lowest BCUT2D eigenvalue weighted by Crippen LogP contribution is -2.53. The van der Waals surface area contributed by atoms with Crippen LogP contribution in [0, 0.1) is 11.3 Å². The van der Waals surface area contributed by atoms with Crippen molar-refractivity contribution in [2.24, 2.45) is 17.1 Å². The second-order valence-electron chi connectivity index (χ2n) is 5.35. The molecular formula is C12H20N2O3. The number of carbonyl (C=O) groups excluding carboxylic acids is 1. The highest BCUT2D eigenvalue weighted by atomic mass is 16.4. The Morgan fingerprint density at radius 1 is 1.41 bits per heavy atom. The Kier molecular flexibility index (Phi) is 3.38. The summed E-state index contributed by atoms with van der Waals surface area (Å²) in [6.07, 6.45) is 4.77. The number of carbonyl (C=O) groups is 2. The number of amides is 1. The van der Waals surface area contributed by atoms with Gasteiger partial charge in [0.2, 0.25) is 5.91 Å². The molecule has 2 saturated carbocycles. The van der Waals surface area contributed by atoms with Crippen LogP contribution in [-0.2, 0) is 9.59 Å². The first-order valence-electron chi connectivity index (χ1n) is 6.30. The number of carboxylic acids is 1. The SMILES string of the molecule is NCC1(C(=O)NC(CC(=O)O)C2CC2)CCC1. The molecule has 2 rings (SSSR count). The number of rotatable bonds is 6. The lowest BCUT2D eigenvalue weighted by molar-refractivity contribution is -0.139. The lowest BCUT2D eigenvalue weighted by Gasteiger charge is -2.40. The van der Waals surface area contributed by atoms with Crippen molar-refractivity contribution >= 4 is 11.9 Å². The molecule has 5 nitrogen and oxygen atoms in total. The number of carboxylic acid groups (broad SMARTS) is 1.